The highest BCUT2D eigenvalue weighted by atomic mass is 15.0. The second-order valence-corrected chi connectivity index (χ2v) is 4.11. The molecule has 0 amide bonds. The van der Waals surface area contributed by atoms with Crippen LogP contribution in [-0.4, -0.2) is 0 Å². The van der Waals surface area contributed by atoms with Crippen molar-refractivity contribution in [3.8, 4) is 0 Å². The molecule has 0 bridgehead atoms. The van der Waals surface area contributed by atoms with Crippen LogP contribution in [0.2, 0.25) is 0 Å². The number of hydrogen-bond donors (Lipinski definition) is 2. The van der Waals surface area contributed by atoms with Crippen LogP contribution < -0.4 is 11.1 Å². The van der Waals surface area contributed by atoms with Gasteiger partial charge in [-0.2, -0.15) is 0 Å². The number of hydrogen-bond acceptors (Lipinski definition) is 2. The van der Waals surface area contributed by atoms with E-state index in [1.807, 2.05) is 0 Å². The molecule has 2 heteroatoms. The summed E-state index contributed by atoms with van der Waals surface area (Å²) in [5, 5.41) is 3.27. The van der Waals surface area contributed by atoms with Crippen LogP contribution in [0.15, 0.2) is 30.1 Å². The molecule has 3 N–H and O–H groups in total. The first kappa shape index (κ1) is 7.92. The summed E-state index contributed by atoms with van der Waals surface area (Å²) in [6.45, 7) is 0.873. The molecule has 0 spiro atoms. The lowest BCUT2D eigenvalue weighted by atomic mass is 9.93. The Morgan fingerprint density at radius 3 is 2.79 bits per heavy atom. The lowest BCUT2D eigenvalue weighted by molar-refractivity contribution is 0.771. The van der Waals surface area contributed by atoms with Crippen molar-refractivity contribution in [2.24, 2.45) is 11.7 Å². The molecule has 2 aliphatic rings. The van der Waals surface area contributed by atoms with E-state index >= 15 is 0 Å². The summed E-state index contributed by atoms with van der Waals surface area (Å²) in [6, 6.07) is 8.56. The zero-order valence-corrected chi connectivity index (χ0v) is 8.09. The van der Waals surface area contributed by atoms with Gasteiger partial charge in [-0.05, 0) is 29.9 Å². The lowest BCUT2D eigenvalue weighted by Gasteiger charge is -2.22. The molecule has 0 atom stereocenters. The van der Waals surface area contributed by atoms with Crippen LogP contribution >= 0.6 is 0 Å². The highest BCUT2D eigenvalue weighted by Gasteiger charge is 2.31. The third-order valence-electron chi connectivity index (χ3n) is 3.05. The summed E-state index contributed by atoms with van der Waals surface area (Å²) >= 11 is 0. The summed E-state index contributed by atoms with van der Waals surface area (Å²) in [5.41, 5.74) is 10.1. The summed E-state index contributed by atoms with van der Waals surface area (Å²) in [6.07, 6.45) is 2.60. The summed E-state index contributed by atoms with van der Waals surface area (Å²) in [7, 11) is 0. The van der Waals surface area contributed by atoms with Gasteiger partial charge >= 0.3 is 0 Å². The van der Waals surface area contributed by atoms with E-state index < -0.39 is 0 Å². The molecule has 14 heavy (non-hydrogen) atoms. The number of nitrogens with one attached hydrogen (secondary N) is 1. The van der Waals surface area contributed by atoms with E-state index in [1.165, 1.54) is 29.5 Å². The van der Waals surface area contributed by atoms with E-state index in [4.69, 9.17) is 5.73 Å². The predicted octanol–water partition coefficient (Wildman–Crippen LogP) is 1.83. The van der Waals surface area contributed by atoms with Crippen molar-refractivity contribution >= 4 is 5.57 Å². The molecule has 2 nitrogen and oxygen atoms in total. The molecule has 1 saturated carbocycles. The maximum atomic E-state index is 6.00. The summed E-state index contributed by atoms with van der Waals surface area (Å²) < 4.78 is 0. The first-order valence-corrected chi connectivity index (χ1v) is 5.18. The van der Waals surface area contributed by atoms with Gasteiger partial charge in [-0.15, -0.1) is 0 Å². The van der Waals surface area contributed by atoms with Crippen molar-refractivity contribution < 1.29 is 0 Å². The van der Waals surface area contributed by atoms with Gasteiger partial charge in [0.2, 0.25) is 0 Å². The number of benzene rings is 1. The van der Waals surface area contributed by atoms with Gasteiger partial charge in [0, 0.05) is 12.1 Å². The van der Waals surface area contributed by atoms with Crippen LogP contribution in [0.3, 0.4) is 0 Å². The molecule has 1 aliphatic heterocycles. The van der Waals surface area contributed by atoms with Crippen molar-refractivity contribution in [3.63, 3.8) is 0 Å². The average molecular weight is 186 g/mol. The molecule has 0 saturated heterocycles. The molecule has 0 aromatic heterocycles. The van der Waals surface area contributed by atoms with Gasteiger partial charge in [0.05, 0.1) is 0 Å². The van der Waals surface area contributed by atoms with Crippen LogP contribution in [0.5, 0.6) is 0 Å². The Bertz CT molecular complexity index is 403. The first-order chi connectivity index (χ1) is 6.86. The van der Waals surface area contributed by atoms with E-state index in [9.17, 15) is 0 Å². The van der Waals surface area contributed by atoms with Crippen molar-refractivity contribution in [1.29, 1.82) is 0 Å². The van der Waals surface area contributed by atoms with Crippen molar-refractivity contribution in [3.05, 3.63) is 41.2 Å². The van der Waals surface area contributed by atoms with E-state index in [-0.39, 0.29) is 0 Å². The van der Waals surface area contributed by atoms with E-state index in [0.29, 0.717) is 5.92 Å². The highest BCUT2D eigenvalue weighted by Crippen LogP contribution is 2.44. The quantitative estimate of drug-likeness (QED) is 0.702. The Hall–Kier alpha value is -1.44. The SMILES string of the molecule is NC1=C(C2CC2)c2ccccc2CN1. The smallest absolute Gasteiger partial charge is 0.100 e. The fourth-order valence-electron chi connectivity index (χ4n) is 2.18. The topological polar surface area (TPSA) is 38.0 Å². The van der Waals surface area contributed by atoms with E-state index in [2.05, 4.69) is 29.6 Å². The highest BCUT2D eigenvalue weighted by molar-refractivity contribution is 5.75. The normalized spacial score (nSPS) is 20.3. The van der Waals surface area contributed by atoms with Gasteiger partial charge in [0.25, 0.3) is 0 Å². The second kappa shape index (κ2) is 2.77. The molecular formula is C12H14N2. The Balaban J connectivity index is 2.15. The van der Waals surface area contributed by atoms with E-state index in [1.54, 1.807) is 0 Å². The minimum atomic E-state index is 0.712. The molecular weight excluding hydrogens is 172 g/mol. The van der Waals surface area contributed by atoms with Gasteiger partial charge in [-0.1, -0.05) is 24.3 Å². The second-order valence-electron chi connectivity index (χ2n) is 4.11. The molecule has 0 radical (unpaired) electrons. The Labute approximate surface area is 83.8 Å². The fourth-order valence-corrected chi connectivity index (χ4v) is 2.18. The van der Waals surface area contributed by atoms with Gasteiger partial charge in [0.1, 0.15) is 5.82 Å². The van der Waals surface area contributed by atoms with Crippen LogP contribution in [0, 0.1) is 5.92 Å². The monoisotopic (exact) mass is 186 g/mol. The fraction of sp³-hybridized carbons (Fsp3) is 0.333. The Kier molecular flexibility index (Phi) is 1.57. The van der Waals surface area contributed by atoms with Crippen LogP contribution in [0.4, 0.5) is 0 Å². The van der Waals surface area contributed by atoms with Gasteiger partial charge < -0.3 is 11.1 Å². The molecule has 1 aromatic rings. The molecule has 1 aromatic carbocycles. The molecule has 3 rings (SSSR count). The molecule has 1 aliphatic carbocycles. The van der Waals surface area contributed by atoms with Crippen LogP contribution in [0.25, 0.3) is 5.57 Å². The van der Waals surface area contributed by atoms with Crippen LogP contribution in [0.1, 0.15) is 24.0 Å². The first-order valence-electron chi connectivity index (χ1n) is 5.18. The third kappa shape index (κ3) is 1.10. The molecule has 1 heterocycles. The predicted molar refractivity (Wildman–Crippen MR) is 57.1 cm³/mol. The van der Waals surface area contributed by atoms with Crippen molar-refractivity contribution in [1.82, 2.24) is 5.32 Å². The molecule has 1 fully saturated rings. The standard InChI is InChI=1S/C12H14N2/c13-12-11(8-5-6-8)10-4-2-1-3-9(10)7-14-12/h1-4,8,14H,5-7,13H2. The maximum Gasteiger partial charge on any atom is 0.100 e. The van der Waals surface area contributed by atoms with E-state index in [0.717, 1.165) is 12.4 Å². The zero-order valence-electron chi connectivity index (χ0n) is 8.09. The summed E-state index contributed by atoms with van der Waals surface area (Å²) in [5.74, 6) is 1.61. The largest absolute Gasteiger partial charge is 0.385 e. The number of allylic oxidation sites excluding steroid dienone is 1. The van der Waals surface area contributed by atoms with Crippen LogP contribution in [-0.2, 0) is 6.54 Å². The Morgan fingerprint density at radius 2 is 2.00 bits per heavy atom. The third-order valence-corrected chi connectivity index (χ3v) is 3.05. The number of fused-ring (bicyclic) bond motifs is 1. The van der Waals surface area contributed by atoms with Crippen molar-refractivity contribution in [2.45, 2.75) is 19.4 Å². The molecule has 0 unspecified atom stereocenters. The minimum absolute atomic E-state index is 0.712. The van der Waals surface area contributed by atoms with Gasteiger partial charge in [-0.25, -0.2) is 0 Å². The van der Waals surface area contributed by atoms with Gasteiger partial charge in [-0.3, -0.25) is 0 Å². The van der Waals surface area contributed by atoms with Crippen molar-refractivity contribution in [2.75, 3.05) is 0 Å². The zero-order chi connectivity index (χ0) is 9.54. The Morgan fingerprint density at radius 1 is 1.21 bits per heavy atom. The summed E-state index contributed by atoms with van der Waals surface area (Å²) in [4.78, 5) is 0. The lowest BCUT2D eigenvalue weighted by Crippen LogP contribution is -2.26. The number of nitrogens with two attached hydrogens (primary N) is 1. The van der Waals surface area contributed by atoms with Gasteiger partial charge in [0.15, 0.2) is 0 Å². The maximum absolute atomic E-state index is 6.00. The molecule has 72 valence electrons. The number of rotatable bonds is 1. The minimum Gasteiger partial charge on any atom is -0.385 e. The average Bonchev–Trinajstić information content (AvgIpc) is 3.01.